The molecule has 4 rings (SSSR count). The van der Waals surface area contributed by atoms with Crippen LogP contribution < -0.4 is 0 Å². The Morgan fingerprint density at radius 2 is 1.62 bits per heavy atom. The minimum Gasteiger partial charge on any atom is -0.507 e. The fourth-order valence-corrected chi connectivity index (χ4v) is 4.83. The average molecular weight is 409 g/mol. The predicted molar refractivity (Wildman–Crippen MR) is 109 cm³/mol. The Hall–Kier alpha value is -3.16. The first-order chi connectivity index (χ1) is 13.7. The summed E-state index contributed by atoms with van der Waals surface area (Å²) in [5.74, 6) is -2.19. The minimum absolute atomic E-state index is 0.0639. The summed E-state index contributed by atoms with van der Waals surface area (Å²) in [6.45, 7) is 1.70. The van der Waals surface area contributed by atoms with Crippen LogP contribution in [-0.4, -0.2) is 45.9 Å². The second-order valence-electron chi connectivity index (χ2n) is 7.33. The van der Waals surface area contributed by atoms with Crippen LogP contribution in [0.25, 0.3) is 0 Å². The van der Waals surface area contributed by atoms with Crippen LogP contribution in [0.2, 0.25) is 0 Å². The van der Waals surface area contributed by atoms with Crippen molar-refractivity contribution >= 4 is 22.9 Å². The number of hydrogen-bond acceptors (Lipinski definition) is 7. The third kappa shape index (κ3) is 2.82. The van der Waals surface area contributed by atoms with E-state index in [-0.39, 0.29) is 39.3 Å². The van der Waals surface area contributed by atoms with Crippen LogP contribution in [0, 0.1) is 6.92 Å². The number of aromatic hydroxyl groups is 3. The molecule has 1 heterocycles. The van der Waals surface area contributed by atoms with E-state index in [1.54, 1.807) is 25.9 Å². The number of thiophene rings is 1. The van der Waals surface area contributed by atoms with Crippen LogP contribution in [0.4, 0.5) is 0 Å². The van der Waals surface area contributed by atoms with E-state index >= 15 is 0 Å². The lowest BCUT2D eigenvalue weighted by Crippen LogP contribution is -2.25. The summed E-state index contributed by atoms with van der Waals surface area (Å²) in [6.07, 6.45) is 0. The number of carbonyl (C=O) groups is 2. The Bertz CT molecular complexity index is 1160. The highest BCUT2D eigenvalue weighted by atomic mass is 32.1. The molecule has 3 aromatic rings. The van der Waals surface area contributed by atoms with E-state index in [0.29, 0.717) is 5.56 Å². The average Bonchev–Trinajstić information content (AvgIpc) is 3.15. The SMILES string of the molecule is Cc1cc(O)c2c(c1)C(=O)c1cc(O)c(C(c3cccs3)N(C)C)c(O)c1C2=O. The van der Waals surface area contributed by atoms with Gasteiger partial charge >= 0.3 is 0 Å². The van der Waals surface area contributed by atoms with E-state index in [2.05, 4.69) is 0 Å². The maximum atomic E-state index is 13.2. The Morgan fingerprint density at radius 3 is 2.24 bits per heavy atom. The molecule has 0 bridgehead atoms. The molecule has 6 nitrogen and oxygen atoms in total. The third-order valence-corrected chi connectivity index (χ3v) is 6.05. The maximum absolute atomic E-state index is 13.2. The summed E-state index contributed by atoms with van der Waals surface area (Å²) in [4.78, 5) is 28.9. The largest absolute Gasteiger partial charge is 0.507 e. The molecule has 3 N–H and O–H groups in total. The van der Waals surface area contributed by atoms with E-state index in [4.69, 9.17) is 0 Å². The van der Waals surface area contributed by atoms with Gasteiger partial charge in [-0.25, -0.2) is 0 Å². The van der Waals surface area contributed by atoms with Gasteiger partial charge in [-0.3, -0.25) is 14.5 Å². The first-order valence-electron chi connectivity index (χ1n) is 8.94. The second kappa shape index (κ2) is 6.72. The van der Waals surface area contributed by atoms with Gasteiger partial charge in [-0.1, -0.05) is 6.07 Å². The molecule has 0 amide bonds. The highest BCUT2D eigenvalue weighted by Crippen LogP contribution is 2.47. The quantitative estimate of drug-likeness (QED) is 0.478. The molecule has 0 fully saturated rings. The zero-order valence-electron chi connectivity index (χ0n) is 16.1. The smallest absolute Gasteiger partial charge is 0.201 e. The molecule has 0 aliphatic heterocycles. The summed E-state index contributed by atoms with van der Waals surface area (Å²) >= 11 is 1.45. The van der Waals surface area contributed by atoms with Crippen molar-refractivity contribution in [2.75, 3.05) is 14.1 Å². The van der Waals surface area contributed by atoms with Gasteiger partial charge in [-0.15, -0.1) is 11.3 Å². The van der Waals surface area contributed by atoms with Crippen molar-refractivity contribution < 1.29 is 24.9 Å². The van der Waals surface area contributed by atoms with Gasteiger partial charge in [0.15, 0.2) is 5.78 Å². The van der Waals surface area contributed by atoms with Crippen LogP contribution in [-0.2, 0) is 0 Å². The molecule has 1 aliphatic carbocycles. The number of carbonyl (C=O) groups excluding carboxylic acids is 2. The van der Waals surface area contributed by atoms with Gasteiger partial charge < -0.3 is 15.3 Å². The first kappa shape index (κ1) is 19.2. The van der Waals surface area contributed by atoms with Gasteiger partial charge in [-0.2, -0.15) is 0 Å². The maximum Gasteiger partial charge on any atom is 0.201 e. The molecule has 2 aromatic carbocycles. The summed E-state index contributed by atoms with van der Waals surface area (Å²) in [5.41, 5.74) is 0.438. The number of fused-ring (bicyclic) bond motifs is 2. The molecule has 29 heavy (non-hydrogen) atoms. The van der Waals surface area contributed by atoms with Crippen molar-refractivity contribution in [2.24, 2.45) is 0 Å². The summed E-state index contributed by atoms with van der Waals surface area (Å²) < 4.78 is 0. The van der Waals surface area contributed by atoms with Crippen molar-refractivity contribution in [1.29, 1.82) is 0 Å². The molecule has 7 heteroatoms. The Morgan fingerprint density at radius 1 is 0.931 bits per heavy atom. The van der Waals surface area contributed by atoms with Crippen LogP contribution in [0.15, 0.2) is 35.7 Å². The van der Waals surface area contributed by atoms with Crippen molar-refractivity contribution in [3.63, 3.8) is 0 Å². The molecular weight excluding hydrogens is 390 g/mol. The van der Waals surface area contributed by atoms with Gasteiger partial charge in [0, 0.05) is 16.0 Å². The lowest BCUT2D eigenvalue weighted by atomic mass is 9.80. The topological polar surface area (TPSA) is 98.1 Å². The Balaban J connectivity index is 2.00. The predicted octanol–water partition coefficient (Wildman–Crippen LogP) is 3.60. The van der Waals surface area contributed by atoms with E-state index in [1.807, 2.05) is 17.5 Å². The van der Waals surface area contributed by atoms with Crippen LogP contribution in [0.1, 0.15) is 53.9 Å². The number of phenolic OH excluding ortho intramolecular Hbond substituents is 3. The van der Waals surface area contributed by atoms with Crippen molar-refractivity contribution in [1.82, 2.24) is 4.90 Å². The number of rotatable bonds is 3. The standard InChI is InChI=1S/C22H19NO5S/c1-10-7-11-16(13(24)8-10)21(27)17-12(20(11)26)9-14(25)18(22(17)28)19(23(2)3)15-5-4-6-29-15/h4-9,19,24-25,28H,1-3H3. The van der Waals surface area contributed by atoms with Gasteiger partial charge in [0.1, 0.15) is 17.2 Å². The molecule has 1 aliphatic rings. The molecule has 1 aromatic heterocycles. The zero-order chi connectivity index (χ0) is 21.0. The molecule has 1 atom stereocenters. The molecule has 0 spiro atoms. The van der Waals surface area contributed by atoms with Gasteiger partial charge in [-0.05, 0) is 56.2 Å². The molecule has 148 valence electrons. The fourth-order valence-electron chi connectivity index (χ4n) is 3.91. The van der Waals surface area contributed by atoms with Crippen LogP contribution in [0.3, 0.4) is 0 Å². The van der Waals surface area contributed by atoms with Crippen molar-refractivity contribution in [3.05, 3.63) is 74.0 Å². The normalized spacial score (nSPS) is 14.1. The fraction of sp³-hybridized carbons (Fsp3) is 0.182. The van der Waals surface area contributed by atoms with Crippen LogP contribution in [0.5, 0.6) is 17.2 Å². The summed E-state index contributed by atoms with van der Waals surface area (Å²) in [5, 5.41) is 34.0. The Kier molecular flexibility index (Phi) is 4.44. The van der Waals surface area contributed by atoms with E-state index in [0.717, 1.165) is 4.88 Å². The summed E-state index contributed by atoms with van der Waals surface area (Å²) in [7, 11) is 3.58. The van der Waals surface area contributed by atoms with E-state index in [9.17, 15) is 24.9 Å². The molecular formula is C22H19NO5S. The monoisotopic (exact) mass is 409 g/mol. The lowest BCUT2D eigenvalue weighted by Gasteiger charge is -2.28. The van der Waals surface area contributed by atoms with Gasteiger partial charge in [0.2, 0.25) is 5.78 Å². The summed E-state index contributed by atoms with van der Waals surface area (Å²) in [6, 6.07) is 7.36. The Labute approximate surface area is 171 Å². The number of benzene rings is 2. The number of nitrogens with zero attached hydrogens (tertiary/aromatic N) is 1. The third-order valence-electron chi connectivity index (χ3n) is 5.13. The number of aryl methyl sites for hydroxylation is 1. The molecule has 1 unspecified atom stereocenters. The first-order valence-corrected chi connectivity index (χ1v) is 9.82. The highest BCUT2D eigenvalue weighted by molar-refractivity contribution is 7.10. The lowest BCUT2D eigenvalue weighted by molar-refractivity contribution is 0.0973. The van der Waals surface area contributed by atoms with E-state index in [1.165, 1.54) is 29.5 Å². The van der Waals surface area contributed by atoms with Crippen molar-refractivity contribution in [2.45, 2.75) is 13.0 Å². The molecule has 0 saturated heterocycles. The second-order valence-corrected chi connectivity index (χ2v) is 8.31. The van der Waals surface area contributed by atoms with Gasteiger partial charge in [0.05, 0.1) is 22.7 Å². The molecule has 0 saturated carbocycles. The number of hydrogen-bond donors (Lipinski definition) is 3. The van der Waals surface area contributed by atoms with Crippen molar-refractivity contribution in [3.8, 4) is 17.2 Å². The van der Waals surface area contributed by atoms with Gasteiger partial charge in [0.25, 0.3) is 0 Å². The zero-order valence-corrected chi connectivity index (χ0v) is 16.9. The van der Waals surface area contributed by atoms with Crippen LogP contribution >= 0.6 is 11.3 Å². The number of phenols is 3. The highest BCUT2D eigenvalue weighted by Gasteiger charge is 2.38. The van der Waals surface area contributed by atoms with E-state index < -0.39 is 23.4 Å². The molecule has 0 radical (unpaired) electrons. The minimum atomic E-state index is -0.644. The number of ketones is 2.